The number of hydrogen-bond donors (Lipinski definition) is 1. The van der Waals surface area contributed by atoms with E-state index in [0.29, 0.717) is 0 Å². The molecule has 1 fully saturated rings. The average molecular weight is 344 g/mol. The lowest BCUT2D eigenvalue weighted by Crippen LogP contribution is -2.33. The number of anilines is 2. The Hall–Kier alpha value is -1.78. The van der Waals surface area contributed by atoms with Crippen LogP contribution in [0.15, 0.2) is 36.7 Å². The molecule has 0 aliphatic carbocycles. The summed E-state index contributed by atoms with van der Waals surface area (Å²) in [4.78, 5) is 9.11. The number of aromatic nitrogens is 1. The van der Waals surface area contributed by atoms with Crippen molar-refractivity contribution in [3.05, 3.63) is 52.8 Å². The number of halogens is 1. The molecule has 4 nitrogen and oxygen atoms in total. The van der Waals surface area contributed by atoms with Crippen LogP contribution in [0.25, 0.3) is 0 Å². The first kappa shape index (κ1) is 15.7. The fraction of sp³-hybridized carbons (Fsp3) is 0.421. The van der Waals surface area contributed by atoms with Gasteiger partial charge in [0, 0.05) is 24.7 Å². The summed E-state index contributed by atoms with van der Waals surface area (Å²) >= 11 is 6.10. The number of hydrogen-bond acceptors (Lipinski definition) is 4. The van der Waals surface area contributed by atoms with Gasteiger partial charge in [0.2, 0.25) is 0 Å². The van der Waals surface area contributed by atoms with Gasteiger partial charge in [0.15, 0.2) is 0 Å². The van der Waals surface area contributed by atoms with Crippen LogP contribution in [0, 0.1) is 0 Å². The van der Waals surface area contributed by atoms with Gasteiger partial charge in [-0.15, -0.1) is 0 Å². The van der Waals surface area contributed by atoms with Crippen LogP contribution < -0.4 is 9.80 Å². The van der Waals surface area contributed by atoms with Gasteiger partial charge < -0.3 is 14.9 Å². The molecular weight excluding hydrogens is 322 g/mol. The number of nitrogens with zero attached hydrogens (tertiary/aromatic N) is 3. The molecule has 0 spiro atoms. The van der Waals surface area contributed by atoms with Gasteiger partial charge in [-0.25, -0.2) is 0 Å². The Morgan fingerprint density at radius 2 is 2.00 bits per heavy atom. The molecule has 126 valence electrons. The second-order valence-electron chi connectivity index (χ2n) is 6.66. The fourth-order valence-corrected chi connectivity index (χ4v) is 4.05. The van der Waals surface area contributed by atoms with Gasteiger partial charge >= 0.3 is 0 Å². The molecule has 0 unspecified atom stereocenters. The Labute approximate surface area is 147 Å². The number of aliphatic hydroxyl groups excluding tert-OH is 1. The van der Waals surface area contributed by atoms with E-state index in [4.69, 9.17) is 11.6 Å². The third-order valence-corrected chi connectivity index (χ3v) is 5.41. The van der Waals surface area contributed by atoms with Crippen molar-refractivity contribution < 1.29 is 5.11 Å². The van der Waals surface area contributed by atoms with Gasteiger partial charge in [-0.3, -0.25) is 4.98 Å². The predicted octanol–water partition coefficient (Wildman–Crippen LogP) is 3.26. The third-order valence-electron chi connectivity index (χ3n) is 5.17. The summed E-state index contributed by atoms with van der Waals surface area (Å²) in [6.45, 7) is 3.07. The van der Waals surface area contributed by atoms with Gasteiger partial charge in [-0.05, 0) is 48.6 Å². The summed E-state index contributed by atoms with van der Waals surface area (Å²) in [7, 11) is 0. The minimum Gasteiger partial charge on any atom is -0.394 e. The molecule has 2 aliphatic heterocycles. The zero-order chi connectivity index (χ0) is 16.5. The number of pyridine rings is 1. The Morgan fingerprint density at radius 3 is 2.88 bits per heavy atom. The quantitative estimate of drug-likeness (QED) is 0.928. The van der Waals surface area contributed by atoms with Crippen molar-refractivity contribution in [2.45, 2.75) is 31.8 Å². The Balaban J connectivity index is 1.57. The van der Waals surface area contributed by atoms with Gasteiger partial charge in [0.05, 0.1) is 36.4 Å². The van der Waals surface area contributed by atoms with E-state index in [1.807, 2.05) is 18.5 Å². The topological polar surface area (TPSA) is 39.6 Å². The van der Waals surface area contributed by atoms with Crippen molar-refractivity contribution in [2.24, 2.45) is 0 Å². The molecule has 4 rings (SSSR count). The van der Waals surface area contributed by atoms with Crippen LogP contribution in [0.4, 0.5) is 11.4 Å². The molecule has 24 heavy (non-hydrogen) atoms. The molecule has 0 amide bonds. The first-order valence-electron chi connectivity index (χ1n) is 8.59. The zero-order valence-electron chi connectivity index (χ0n) is 13.7. The third kappa shape index (κ3) is 2.96. The van der Waals surface area contributed by atoms with Gasteiger partial charge in [-0.1, -0.05) is 17.7 Å². The summed E-state index contributed by atoms with van der Waals surface area (Å²) in [6, 6.07) is 8.62. The van der Waals surface area contributed by atoms with Crippen LogP contribution >= 0.6 is 11.6 Å². The SMILES string of the molecule is OC[C@@H]1CCCN1c1cncc(N2CCc3cc(Cl)ccc3C2)c1. The number of aliphatic hydroxyl groups is 1. The van der Waals surface area contributed by atoms with Crippen molar-refractivity contribution in [3.63, 3.8) is 0 Å². The molecular formula is C19H22ClN3O. The van der Waals surface area contributed by atoms with E-state index in [1.54, 1.807) is 0 Å². The maximum atomic E-state index is 9.56. The molecule has 5 heteroatoms. The first-order chi connectivity index (χ1) is 11.7. The van der Waals surface area contributed by atoms with E-state index >= 15 is 0 Å². The summed E-state index contributed by atoms with van der Waals surface area (Å²) in [5.74, 6) is 0. The molecule has 0 radical (unpaired) electrons. The monoisotopic (exact) mass is 343 g/mol. The molecule has 0 bridgehead atoms. The maximum absolute atomic E-state index is 9.56. The fourth-order valence-electron chi connectivity index (χ4n) is 3.85. The summed E-state index contributed by atoms with van der Waals surface area (Å²) in [5.41, 5.74) is 4.95. The molecule has 1 saturated heterocycles. The van der Waals surface area contributed by atoms with Crippen LogP contribution in [-0.4, -0.2) is 35.8 Å². The number of rotatable bonds is 3. The van der Waals surface area contributed by atoms with E-state index in [2.05, 4.69) is 33.0 Å². The van der Waals surface area contributed by atoms with E-state index in [1.165, 1.54) is 11.1 Å². The molecule has 1 aromatic carbocycles. The summed E-state index contributed by atoms with van der Waals surface area (Å²) in [5, 5.41) is 10.4. The van der Waals surface area contributed by atoms with E-state index in [-0.39, 0.29) is 12.6 Å². The number of fused-ring (bicyclic) bond motifs is 1. The largest absolute Gasteiger partial charge is 0.394 e. The van der Waals surface area contributed by atoms with Crippen molar-refractivity contribution in [1.82, 2.24) is 4.98 Å². The van der Waals surface area contributed by atoms with Gasteiger partial charge in [0.1, 0.15) is 0 Å². The van der Waals surface area contributed by atoms with Crippen LogP contribution in [0.1, 0.15) is 24.0 Å². The number of benzene rings is 1. The molecule has 1 aromatic heterocycles. The molecule has 1 atom stereocenters. The Bertz CT molecular complexity index is 736. The van der Waals surface area contributed by atoms with Crippen molar-refractivity contribution in [2.75, 3.05) is 29.5 Å². The minimum absolute atomic E-state index is 0.210. The lowest BCUT2D eigenvalue weighted by Gasteiger charge is -2.32. The van der Waals surface area contributed by atoms with Crippen molar-refractivity contribution in [3.8, 4) is 0 Å². The molecule has 2 aliphatic rings. The second-order valence-corrected chi connectivity index (χ2v) is 7.09. The van der Waals surface area contributed by atoms with Crippen LogP contribution in [0.3, 0.4) is 0 Å². The highest BCUT2D eigenvalue weighted by atomic mass is 35.5. The van der Waals surface area contributed by atoms with Crippen molar-refractivity contribution in [1.29, 1.82) is 0 Å². The second kappa shape index (κ2) is 6.61. The van der Waals surface area contributed by atoms with Crippen LogP contribution in [0.5, 0.6) is 0 Å². The predicted molar refractivity (Wildman–Crippen MR) is 97.9 cm³/mol. The lowest BCUT2D eigenvalue weighted by molar-refractivity contribution is 0.266. The zero-order valence-corrected chi connectivity index (χ0v) is 14.4. The normalized spacial score (nSPS) is 20.3. The summed E-state index contributed by atoms with van der Waals surface area (Å²) < 4.78 is 0. The smallest absolute Gasteiger partial charge is 0.0635 e. The average Bonchev–Trinajstić information content (AvgIpc) is 3.10. The highest BCUT2D eigenvalue weighted by molar-refractivity contribution is 6.30. The van der Waals surface area contributed by atoms with Crippen LogP contribution in [-0.2, 0) is 13.0 Å². The van der Waals surface area contributed by atoms with E-state index in [0.717, 1.165) is 55.3 Å². The minimum atomic E-state index is 0.210. The van der Waals surface area contributed by atoms with E-state index in [9.17, 15) is 5.11 Å². The lowest BCUT2D eigenvalue weighted by atomic mass is 9.99. The Kier molecular flexibility index (Phi) is 4.33. The molecule has 2 aromatic rings. The Morgan fingerprint density at radius 1 is 1.12 bits per heavy atom. The molecule has 0 saturated carbocycles. The summed E-state index contributed by atoms with van der Waals surface area (Å²) in [6.07, 6.45) is 7.04. The van der Waals surface area contributed by atoms with Gasteiger partial charge in [0.25, 0.3) is 0 Å². The van der Waals surface area contributed by atoms with E-state index < -0.39 is 0 Å². The van der Waals surface area contributed by atoms with Crippen molar-refractivity contribution >= 4 is 23.0 Å². The highest BCUT2D eigenvalue weighted by Crippen LogP contribution is 2.30. The molecule has 3 heterocycles. The highest BCUT2D eigenvalue weighted by Gasteiger charge is 2.25. The molecule has 1 N–H and O–H groups in total. The van der Waals surface area contributed by atoms with Gasteiger partial charge in [-0.2, -0.15) is 0 Å². The standard InChI is InChI=1S/C19H22ClN3O/c20-16-4-3-15-12-22(7-5-14(15)8-16)18-9-19(11-21-10-18)23-6-1-2-17(23)13-24/h3-4,8-11,17,24H,1-2,5-7,12-13H2/t17-/m0/s1. The van der Waals surface area contributed by atoms with Crippen LogP contribution in [0.2, 0.25) is 5.02 Å². The first-order valence-corrected chi connectivity index (χ1v) is 8.97. The maximum Gasteiger partial charge on any atom is 0.0635 e.